The van der Waals surface area contributed by atoms with Crippen LogP contribution in [-0.4, -0.2) is 17.9 Å². The van der Waals surface area contributed by atoms with E-state index in [2.05, 4.69) is 15.9 Å². The first-order chi connectivity index (χ1) is 8.97. The Kier molecular flexibility index (Phi) is 3.95. The maximum absolute atomic E-state index is 12.2. The second-order valence-electron chi connectivity index (χ2n) is 4.41. The molecular formula is C14H15BrN2O2. The number of carbonyl (C=O) groups excluding carboxylic acids is 1. The standard InChI is InChI=1S/C14H15BrN2O2/c1-9-3-5-11(19-9)8-17(2)14(18)10-4-6-13(16)12(15)7-10/h3-7H,8,16H2,1-2H3. The number of amides is 1. The van der Waals surface area contributed by atoms with Gasteiger partial charge in [-0.1, -0.05) is 0 Å². The van der Waals surface area contributed by atoms with Crippen LogP contribution in [0.2, 0.25) is 0 Å². The van der Waals surface area contributed by atoms with E-state index in [1.807, 2.05) is 19.1 Å². The van der Waals surface area contributed by atoms with Crippen LogP contribution < -0.4 is 5.73 Å². The number of benzene rings is 1. The highest BCUT2D eigenvalue weighted by Gasteiger charge is 2.14. The number of rotatable bonds is 3. The minimum atomic E-state index is -0.0743. The van der Waals surface area contributed by atoms with E-state index in [1.165, 1.54) is 0 Å². The number of nitrogens with two attached hydrogens (primary N) is 1. The van der Waals surface area contributed by atoms with Crippen molar-refractivity contribution >= 4 is 27.5 Å². The van der Waals surface area contributed by atoms with E-state index in [0.29, 0.717) is 17.8 Å². The average molecular weight is 323 g/mol. The molecule has 5 heteroatoms. The van der Waals surface area contributed by atoms with Crippen LogP contribution in [0.5, 0.6) is 0 Å². The fraction of sp³-hybridized carbons (Fsp3) is 0.214. The molecule has 2 rings (SSSR count). The third-order valence-electron chi connectivity index (χ3n) is 2.78. The topological polar surface area (TPSA) is 59.5 Å². The van der Waals surface area contributed by atoms with Crippen LogP contribution >= 0.6 is 15.9 Å². The molecule has 2 aromatic rings. The Labute approximate surface area is 120 Å². The van der Waals surface area contributed by atoms with Gasteiger partial charge in [0, 0.05) is 22.8 Å². The number of anilines is 1. The molecular weight excluding hydrogens is 308 g/mol. The predicted molar refractivity (Wildman–Crippen MR) is 77.8 cm³/mol. The molecule has 0 saturated carbocycles. The Hall–Kier alpha value is -1.75. The van der Waals surface area contributed by atoms with Gasteiger partial charge in [0.25, 0.3) is 5.91 Å². The van der Waals surface area contributed by atoms with E-state index in [0.717, 1.165) is 16.0 Å². The van der Waals surface area contributed by atoms with Crippen molar-refractivity contribution in [1.82, 2.24) is 4.90 Å². The average Bonchev–Trinajstić information content (AvgIpc) is 2.77. The minimum Gasteiger partial charge on any atom is -0.464 e. The van der Waals surface area contributed by atoms with Gasteiger partial charge in [-0.25, -0.2) is 0 Å². The quantitative estimate of drug-likeness (QED) is 0.883. The maximum Gasteiger partial charge on any atom is 0.254 e. The molecule has 1 heterocycles. The van der Waals surface area contributed by atoms with E-state index in [9.17, 15) is 4.79 Å². The van der Waals surface area contributed by atoms with E-state index in [1.54, 1.807) is 30.1 Å². The van der Waals surface area contributed by atoms with Crippen LogP contribution in [0.1, 0.15) is 21.9 Å². The smallest absolute Gasteiger partial charge is 0.254 e. The van der Waals surface area contributed by atoms with Crippen LogP contribution in [0.25, 0.3) is 0 Å². The lowest BCUT2D eigenvalue weighted by Crippen LogP contribution is -2.26. The molecule has 1 amide bonds. The van der Waals surface area contributed by atoms with Crippen LogP contribution in [-0.2, 0) is 6.54 Å². The third-order valence-corrected chi connectivity index (χ3v) is 3.47. The summed E-state index contributed by atoms with van der Waals surface area (Å²) < 4.78 is 6.18. The number of halogens is 1. The second kappa shape index (κ2) is 5.48. The van der Waals surface area contributed by atoms with Gasteiger partial charge in [0.15, 0.2) is 0 Å². The lowest BCUT2D eigenvalue weighted by molar-refractivity contribution is 0.0775. The van der Waals surface area contributed by atoms with Gasteiger partial charge >= 0.3 is 0 Å². The summed E-state index contributed by atoms with van der Waals surface area (Å²) in [6.45, 7) is 2.32. The number of hydrogen-bond donors (Lipinski definition) is 1. The lowest BCUT2D eigenvalue weighted by atomic mass is 10.2. The molecule has 1 aromatic carbocycles. The molecule has 4 nitrogen and oxygen atoms in total. The van der Waals surface area contributed by atoms with Crippen molar-refractivity contribution in [3.8, 4) is 0 Å². The van der Waals surface area contributed by atoms with Crippen molar-refractivity contribution in [2.45, 2.75) is 13.5 Å². The van der Waals surface area contributed by atoms with Gasteiger partial charge < -0.3 is 15.1 Å². The second-order valence-corrected chi connectivity index (χ2v) is 5.26. The van der Waals surface area contributed by atoms with Gasteiger partial charge in [-0.15, -0.1) is 0 Å². The number of aryl methyl sites for hydroxylation is 1. The van der Waals surface area contributed by atoms with Crippen molar-refractivity contribution in [3.63, 3.8) is 0 Å². The van der Waals surface area contributed by atoms with Crippen LogP contribution in [0.15, 0.2) is 39.2 Å². The fourth-order valence-corrected chi connectivity index (χ4v) is 2.14. The third kappa shape index (κ3) is 3.17. The molecule has 0 bridgehead atoms. The lowest BCUT2D eigenvalue weighted by Gasteiger charge is -2.16. The Morgan fingerprint density at radius 1 is 1.37 bits per heavy atom. The Morgan fingerprint density at radius 2 is 2.11 bits per heavy atom. The molecule has 19 heavy (non-hydrogen) atoms. The molecule has 2 N–H and O–H groups in total. The van der Waals surface area contributed by atoms with Crippen molar-refractivity contribution in [1.29, 1.82) is 0 Å². The summed E-state index contributed by atoms with van der Waals surface area (Å²) in [6.07, 6.45) is 0. The summed E-state index contributed by atoms with van der Waals surface area (Å²) in [7, 11) is 1.74. The Balaban J connectivity index is 2.12. The zero-order chi connectivity index (χ0) is 14.0. The number of nitrogen functional groups attached to an aromatic ring is 1. The highest BCUT2D eigenvalue weighted by atomic mass is 79.9. The summed E-state index contributed by atoms with van der Waals surface area (Å²) >= 11 is 3.32. The summed E-state index contributed by atoms with van der Waals surface area (Å²) in [5.74, 6) is 1.53. The zero-order valence-electron chi connectivity index (χ0n) is 10.8. The molecule has 0 radical (unpaired) electrons. The first kappa shape index (κ1) is 13.7. The van der Waals surface area contributed by atoms with Gasteiger partial charge in [0.2, 0.25) is 0 Å². The maximum atomic E-state index is 12.2. The molecule has 0 aliphatic carbocycles. The molecule has 0 atom stereocenters. The van der Waals surface area contributed by atoms with E-state index >= 15 is 0 Å². The SMILES string of the molecule is Cc1ccc(CN(C)C(=O)c2ccc(N)c(Br)c2)o1. The predicted octanol–water partition coefficient (Wildman–Crippen LogP) is 3.20. The fourth-order valence-electron chi connectivity index (χ4n) is 1.76. The first-order valence-electron chi connectivity index (χ1n) is 5.83. The largest absolute Gasteiger partial charge is 0.464 e. The number of furan rings is 1. The molecule has 1 aromatic heterocycles. The zero-order valence-corrected chi connectivity index (χ0v) is 12.4. The van der Waals surface area contributed by atoms with Crippen LogP contribution in [0, 0.1) is 6.92 Å². The molecule has 100 valence electrons. The van der Waals surface area contributed by atoms with Crippen molar-refractivity contribution in [3.05, 3.63) is 51.9 Å². The highest BCUT2D eigenvalue weighted by molar-refractivity contribution is 9.10. The number of hydrogen-bond acceptors (Lipinski definition) is 3. The molecule has 0 aliphatic rings. The van der Waals surface area contributed by atoms with Gasteiger partial charge in [-0.2, -0.15) is 0 Å². The Morgan fingerprint density at radius 3 is 2.68 bits per heavy atom. The Bertz CT molecular complexity index is 607. The van der Waals surface area contributed by atoms with Gasteiger partial charge in [0.1, 0.15) is 11.5 Å². The van der Waals surface area contributed by atoms with Gasteiger partial charge in [-0.3, -0.25) is 4.79 Å². The van der Waals surface area contributed by atoms with Crippen LogP contribution in [0.3, 0.4) is 0 Å². The molecule has 0 aliphatic heterocycles. The summed E-state index contributed by atoms with van der Waals surface area (Å²) in [6, 6.07) is 8.90. The van der Waals surface area contributed by atoms with Crippen LogP contribution in [0.4, 0.5) is 5.69 Å². The highest BCUT2D eigenvalue weighted by Crippen LogP contribution is 2.21. The van der Waals surface area contributed by atoms with E-state index in [-0.39, 0.29) is 5.91 Å². The summed E-state index contributed by atoms with van der Waals surface area (Å²) in [5, 5.41) is 0. The number of carbonyl (C=O) groups is 1. The van der Waals surface area contributed by atoms with Gasteiger partial charge in [-0.05, 0) is 53.2 Å². The number of nitrogens with zero attached hydrogens (tertiary/aromatic N) is 1. The molecule has 0 saturated heterocycles. The monoisotopic (exact) mass is 322 g/mol. The summed E-state index contributed by atoms with van der Waals surface area (Å²) in [5.41, 5.74) is 6.91. The molecule has 0 spiro atoms. The van der Waals surface area contributed by atoms with Gasteiger partial charge in [0.05, 0.1) is 6.54 Å². The normalized spacial score (nSPS) is 10.5. The van der Waals surface area contributed by atoms with Crippen molar-refractivity contribution < 1.29 is 9.21 Å². The molecule has 0 fully saturated rings. The van der Waals surface area contributed by atoms with E-state index in [4.69, 9.17) is 10.2 Å². The summed E-state index contributed by atoms with van der Waals surface area (Å²) in [4.78, 5) is 13.8. The van der Waals surface area contributed by atoms with E-state index < -0.39 is 0 Å². The molecule has 0 unspecified atom stereocenters. The van der Waals surface area contributed by atoms with Crippen molar-refractivity contribution in [2.24, 2.45) is 0 Å². The minimum absolute atomic E-state index is 0.0743. The van der Waals surface area contributed by atoms with Crippen molar-refractivity contribution in [2.75, 3.05) is 12.8 Å². The first-order valence-corrected chi connectivity index (χ1v) is 6.62.